The molecule has 0 saturated carbocycles. The van der Waals surface area contributed by atoms with Crippen molar-refractivity contribution in [3.8, 4) is 0 Å². The molecule has 2 aromatic rings. The average Bonchev–Trinajstić information content (AvgIpc) is 2.38. The molecular formula is C15H17BrClN3. The molecule has 0 aliphatic carbocycles. The van der Waals surface area contributed by atoms with E-state index in [0.29, 0.717) is 5.15 Å². The maximum absolute atomic E-state index is 6.20. The monoisotopic (exact) mass is 353 g/mol. The van der Waals surface area contributed by atoms with Crippen LogP contribution >= 0.6 is 27.5 Å². The summed E-state index contributed by atoms with van der Waals surface area (Å²) in [7, 11) is 0. The number of hydrogen-bond acceptors (Lipinski definition) is 3. The van der Waals surface area contributed by atoms with Gasteiger partial charge in [-0.25, -0.2) is 9.97 Å². The zero-order valence-electron chi connectivity index (χ0n) is 12.0. The van der Waals surface area contributed by atoms with E-state index >= 15 is 0 Å². The molecule has 0 radical (unpaired) electrons. The molecule has 1 aromatic carbocycles. The summed E-state index contributed by atoms with van der Waals surface area (Å²) in [4.78, 5) is 8.89. The molecule has 1 aromatic heterocycles. The Bertz CT molecular complexity index is 641. The largest absolute Gasteiger partial charge is 0.339 e. The van der Waals surface area contributed by atoms with Crippen LogP contribution in [0.4, 0.5) is 11.5 Å². The summed E-state index contributed by atoms with van der Waals surface area (Å²) in [6, 6.07) is 6.13. The molecule has 0 bridgehead atoms. The van der Waals surface area contributed by atoms with Gasteiger partial charge in [0.1, 0.15) is 16.8 Å². The third kappa shape index (κ3) is 3.30. The first-order valence-corrected chi connectivity index (χ1v) is 7.62. The van der Waals surface area contributed by atoms with Crippen LogP contribution in [0, 0.1) is 13.8 Å². The molecule has 0 atom stereocenters. The zero-order chi connectivity index (χ0) is 14.9. The number of halogens is 2. The Morgan fingerprint density at radius 2 is 1.90 bits per heavy atom. The molecule has 0 saturated heterocycles. The molecule has 0 spiro atoms. The fourth-order valence-corrected chi connectivity index (χ4v) is 2.27. The molecule has 106 valence electrons. The van der Waals surface area contributed by atoms with Gasteiger partial charge in [0.2, 0.25) is 0 Å². The number of benzene rings is 1. The van der Waals surface area contributed by atoms with E-state index in [4.69, 9.17) is 11.6 Å². The molecule has 0 fully saturated rings. The van der Waals surface area contributed by atoms with Crippen molar-refractivity contribution in [1.82, 2.24) is 9.97 Å². The van der Waals surface area contributed by atoms with Gasteiger partial charge in [0, 0.05) is 16.0 Å². The molecule has 0 unspecified atom stereocenters. The van der Waals surface area contributed by atoms with Gasteiger partial charge in [0.05, 0.1) is 5.69 Å². The van der Waals surface area contributed by atoms with Gasteiger partial charge in [0.15, 0.2) is 0 Å². The molecule has 3 nitrogen and oxygen atoms in total. The van der Waals surface area contributed by atoms with Crippen molar-refractivity contribution in [2.45, 2.75) is 33.6 Å². The number of nitrogens with zero attached hydrogens (tertiary/aromatic N) is 2. The molecule has 2 rings (SSSR count). The summed E-state index contributed by atoms with van der Waals surface area (Å²) in [6.45, 7) is 8.07. The van der Waals surface area contributed by atoms with Gasteiger partial charge < -0.3 is 5.32 Å². The van der Waals surface area contributed by atoms with Crippen molar-refractivity contribution in [3.05, 3.63) is 44.8 Å². The summed E-state index contributed by atoms with van der Waals surface area (Å²) in [5.74, 6) is 1.72. The first kappa shape index (κ1) is 15.3. The highest BCUT2D eigenvalue weighted by Gasteiger charge is 2.13. The Morgan fingerprint density at radius 3 is 2.55 bits per heavy atom. The second kappa shape index (κ2) is 6.10. The van der Waals surface area contributed by atoms with E-state index in [9.17, 15) is 0 Å². The molecule has 5 heteroatoms. The molecule has 20 heavy (non-hydrogen) atoms. The van der Waals surface area contributed by atoms with Gasteiger partial charge in [-0.05, 0) is 47.5 Å². The smallest absolute Gasteiger partial charge is 0.138 e. The van der Waals surface area contributed by atoms with E-state index < -0.39 is 0 Å². The van der Waals surface area contributed by atoms with Crippen LogP contribution in [-0.2, 0) is 0 Å². The molecule has 0 aliphatic heterocycles. The summed E-state index contributed by atoms with van der Waals surface area (Å²) < 4.78 is 0.989. The van der Waals surface area contributed by atoms with E-state index in [-0.39, 0.29) is 5.92 Å². The van der Waals surface area contributed by atoms with Gasteiger partial charge in [0.25, 0.3) is 0 Å². The van der Waals surface area contributed by atoms with Crippen LogP contribution in [-0.4, -0.2) is 9.97 Å². The lowest BCUT2D eigenvalue weighted by Gasteiger charge is -2.14. The predicted molar refractivity (Wildman–Crippen MR) is 88.0 cm³/mol. The van der Waals surface area contributed by atoms with Crippen molar-refractivity contribution >= 4 is 39.0 Å². The minimum Gasteiger partial charge on any atom is -0.339 e. The van der Waals surface area contributed by atoms with Crippen LogP contribution in [0.25, 0.3) is 0 Å². The van der Waals surface area contributed by atoms with Crippen LogP contribution in [0.1, 0.15) is 36.7 Å². The van der Waals surface area contributed by atoms with Crippen LogP contribution in [0.2, 0.25) is 5.15 Å². The van der Waals surface area contributed by atoms with E-state index in [0.717, 1.165) is 27.4 Å². The molecule has 0 aliphatic rings. The van der Waals surface area contributed by atoms with Crippen LogP contribution in [0.3, 0.4) is 0 Å². The third-order valence-electron chi connectivity index (χ3n) is 3.00. The van der Waals surface area contributed by atoms with Gasteiger partial charge in [-0.3, -0.25) is 0 Å². The number of aromatic nitrogens is 2. The van der Waals surface area contributed by atoms with Crippen molar-refractivity contribution in [3.63, 3.8) is 0 Å². The Balaban J connectivity index is 2.45. The maximum atomic E-state index is 6.20. The van der Waals surface area contributed by atoms with Crippen molar-refractivity contribution in [1.29, 1.82) is 0 Å². The highest BCUT2D eigenvalue weighted by atomic mass is 79.9. The lowest BCUT2D eigenvalue weighted by atomic mass is 10.2. The summed E-state index contributed by atoms with van der Waals surface area (Å²) in [5.41, 5.74) is 3.00. The van der Waals surface area contributed by atoms with Gasteiger partial charge in [-0.15, -0.1) is 0 Å². The van der Waals surface area contributed by atoms with Crippen LogP contribution < -0.4 is 5.32 Å². The summed E-state index contributed by atoms with van der Waals surface area (Å²) >= 11 is 9.74. The van der Waals surface area contributed by atoms with Crippen molar-refractivity contribution in [2.75, 3.05) is 5.32 Å². The first-order valence-electron chi connectivity index (χ1n) is 6.45. The highest BCUT2D eigenvalue weighted by Crippen LogP contribution is 2.30. The quantitative estimate of drug-likeness (QED) is 0.752. The topological polar surface area (TPSA) is 37.8 Å². The van der Waals surface area contributed by atoms with Crippen LogP contribution in [0.5, 0.6) is 0 Å². The third-order valence-corrected chi connectivity index (χ3v) is 4.05. The Labute approximate surface area is 132 Å². The van der Waals surface area contributed by atoms with Crippen molar-refractivity contribution < 1.29 is 0 Å². The lowest BCUT2D eigenvalue weighted by Crippen LogP contribution is -2.05. The Hall–Kier alpha value is -1.13. The fourth-order valence-electron chi connectivity index (χ4n) is 1.75. The SMILES string of the molecule is Cc1ccc(Br)c(Nc2nc(C(C)C)nc(Cl)c2C)c1. The number of anilines is 2. The highest BCUT2D eigenvalue weighted by molar-refractivity contribution is 9.10. The molecule has 1 N–H and O–H groups in total. The minimum atomic E-state index is 0.231. The number of aryl methyl sites for hydroxylation is 1. The minimum absolute atomic E-state index is 0.231. The zero-order valence-corrected chi connectivity index (χ0v) is 14.3. The van der Waals surface area contributed by atoms with E-state index in [1.165, 1.54) is 5.56 Å². The fraction of sp³-hybridized carbons (Fsp3) is 0.333. The van der Waals surface area contributed by atoms with E-state index in [1.807, 2.05) is 26.8 Å². The summed E-state index contributed by atoms with van der Waals surface area (Å²) in [6.07, 6.45) is 0. The number of rotatable bonds is 3. The number of hydrogen-bond donors (Lipinski definition) is 1. The molecular weight excluding hydrogens is 338 g/mol. The van der Waals surface area contributed by atoms with Crippen molar-refractivity contribution in [2.24, 2.45) is 0 Å². The summed E-state index contributed by atoms with van der Waals surface area (Å²) in [5, 5.41) is 3.83. The normalized spacial score (nSPS) is 10.9. The average molecular weight is 355 g/mol. The van der Waals surface area contributed by atoms with Crippen LogP contribution in [0.15, 0.2) is 22.7 Å². The van der Waals surface area contributed by atoms with E-state index in [1.54, 1.807) is 0 Å². The Morgan fingerprint density at radius 1 is 1.20 bits per heavy atom. The molecule has 0 amide bonds. The lowest BCUT2D eigenvalue weighted by molar-refractivity contribution is 0.773. The second-order valence-electron chi connectivity index (χ2n) is 5.11. The standard InChI is InChI=1S/C15H17BrClN3/c1-8(2)14-19-13(17)10(4)15(20-14)18-12-7-9(3)5-6-11(12)16/h5-8H,1-4H3,(H,18,19,20). The second-order valence-corrected chi connectivity index (χ2v) is 6.32. The maximum Gasteiger partial charge on any atom is 0.138 e. The Kier molecular flexibility index (Phi) is 4.66. The van der Waals surface area contributed by atoms with Gasteiger partial charge >= 0.3 is 0 Å². The first-order chi connectivity index (χ1) is 9.38. The number of nitrogens with one attached hydrogen (secondary N) is 1. The molecule has 1 heterocycles. The van der Waals surface area contributed by atoms with Gasteiger partial charge in [-0.2, -0.15) is 0 Å². The predicted octanol–water partition coefficient (Wildman–Crippen LogP) is 5.38. The van der Waals surface area contributed by atoms with Gasteiger partial charge in [-0.1, -0.05) is 31.5 Å². The van der Waals surface area contributed by atoms with E-state index in [2.05, 4.69) is 50.3 Å².